The first kappa shape index (κ1) is 19.8. The third-order valence-corrected chi connectivity index (χ3v) is 5.81. The third kappa shape index (κ3) is 4.42. The fraction of sp³-hybridized carbons (Fsp3) is 0.364. The molecule has 2 aromatic rings. The summed E-state index contributed by atoms with van der Waals surface area (Å²) in [7, 11) is 0. The van der Waals surface area contributed by atoms with Crippen LogP contribution in [0.25, 0.3) is 0 Å². The summed E-state index contributed by atoms with van der Waals surface area (Å²) in [6, 6.07) is 10.8. The second-order valence-corrected chi connectivity index (χ2v) is 7.94. The van der Waals surface area contributed by atoms with Crippen LogP contribution < -0.4 is 0 Å². The zero-order chi connectivity index (χ0) is 20.4. The minimum Gasteiger partial charge on any atom is -0.390 e. The molecule has 0 spiro atoms. The molecule has 0 N–H and O–H groups in total. The summed E-state index contributed by atoms with van der Waals surface area (Å²) in [6.45, 7) is 0.354. The summed E-state index contributed by atoms with van der Waals surface area (Å²) in [4.78, 5) is 20.1. The van der Waals surface area contributed by atoms with Crippen LogP contribution in [0.5, 0.6) is 0 Å². The van der Waals surface area contributed by atoms with Gasteiger partial charge in [-0.15, -0.1) is 0 Å². The van der Waals surface area contributed by atoms with Crippen molar-refractivity contribution < 1.29 is 18.4 Å². The molecule has 1 heterocycles. The number of oxime groups is 1. The van der Waals surface area contributed by atoms with Crippen molar-refractivity contribution in [3.8, 4) is 0 Å². The molecule has 29 heavy (non-hydrogen) atoms. The first-order chi connectivity index (χ1) is 14.0. The van der Waals surface area contributed by atoms with Gasteiger partial charge in [0.2, 0.25) is 5.91 Å². The number of nitrogens with zero attached hydrogens (tertiary/aromatic N) is 2. The van der Waals surface area contributed by atoms with E-state index < -0.39 is 11.6 Å². The Labute approximate surface area is 173 Å². The Hall–Kier alpha value is -2.47. The van der Waals surface area contributed by atoms with Gasteiger partial charge >= 0.3 is 0 Å². The molecule has 7 heteroatoms. The van der Waals surface area contributed by atoms with Gasteiger partial charge in [-0.2, -0.15) is 0 Å². The summed E-state index contributed by atoms with van der Waals surface area (Å²) < 4.78 is 27.4. The van der Waals surface area contributed by atoms with Gasteiger partial charge in [-0.05, 0) is 25.0 Å². The van der Waals surface area contributed by atoms with E-state index in [-0.39, 0.29) is 36.6 Å². The lowest BCUT2D eigenvalue weighted by molar-refractivity contribution is -0.140. The van der Waals surface area contributed by atoms with E-state index in [4.69, 9.17) is 16.4 Å². The van der Waals surface area contributed by atoms with Crippen molar-refractivity contribution in [3.05, 3.63) is 70.2 Å². The fourth-order valence-corrected chi connectivity index (χ4v) is 3.87. The number of halogens is 3. The Morgan fingerprint density at radius 2 is 2.00 bits per heavy atom. The quantitative estimate of drug-likeness (QED) is 0.666. The molecule has 2 aromatic carbocycles. The average Bonchev–Trinajstić information content (AvgIpc) is 3.10. The lowest BCUT2D eigenvalue weighted by Crippen LogP contribution is -2.42. The Bertz CT molecular complexity index is 946. The van der Waals surface area contributed by atoms with Gasteiger partial charge in [-0.25, -0.2) is 8.78 Å². The Balaban J connectivity index is 1.47. The van der Waals surface area contributed by atoms with Crippen LogP contribution >= 0.6 is 11.6 Å². The lowest BCUT2D eigenvalue weighted by atomic mass is 9.84. The first-order valence-corrected chi connectivity index (χ1v) is 10.1. The number of benzene rings is 2. The first-order valence-electron chi connectivity index (χ1n) is 9.71. The number of rotatable bonds is 6. The number of carbonyl (C=O) groups excluding carboxylic acids is 1. The molecular weight excluding hydrogens is 398 g/mol. The molecule has 2 aliphatic rings. The maximum absolute atomic E-state index is 14.2. The molecule has 1 aliphatic carbocycles. The second-order valence-electron chi connectivity index (χ2n) is 7.53. The molecule has 0 radical (unpaired) electrons. The second kappa shape index (κ2) is 8.49. The SMILES string of the molecule is O=C(C1CCC1)N(Cc1ccc(F)cc1F)C[C@@H]1CC(c2ccccc2Cl)=NO1. The Morgan fingerprint density at radius 3 is 2.69 bits per heavy atom. The van der Waals surface area contributed by atoms with Crippen molar-refractivity contribution in [2.75, 3.05) is 6.54 Å². The summed E-state index contributed by atoms with van der Waals surface area (Å²) in [6.07, 6.45) is 2.87. The maximum Gasteiger partial charge on any atom is 0.226 e. The molecule has 1 fully saturated rings. The minimum absolute atomic E-state index is 0.0187. The monoisotopic (exact) mass is 418 g/mol. The number of hydrogen-bond donors (Lipinski definition) is 0. The van der Waals surface area contributed by atoms with E-state index in [1.54, 1.807) is 11.0 Å². The zero-order valence-corrected chi connectivity index (χ0v) is 16.5. The van der Waals surface area contributed by atoms with Gasteiger partial charge in [0.25, 0.3) is 0 Å². The number of carbonyl (C=O) groups is 1. The van der Waals surface area contributed by atoms with Gasteiger partial charge in [-0.1, -0.05) is 47.4 Å². The van der Waals surface area contributed by atoms with Crippen molar-refractivity contribution in [1.29, 1.82) is 0 Å². The van der Waals surface area contributed by atoms with Crippen LogP contribution in [-0.4, -0.2) is 29.2 Å². The van der Waals surface area contributed by atoms with Gasteiger partial charge in [-0.3, -0.25) is 4.79 Å². The molecule has 0 saturated heterocycles. The van der Waals surface area contributed by atoms with Crippen molar-refractivity contribution in [2.24, 2.45) is 11.1 Å². The van der Waals surface area contributed by atoms with Crippen molar-refractivity contribution >= 4 is 23.2 Å². The van der Waals surface area contributed by atoms with E-state index in [2.05, 4.69) is 5.16 Å². The van der Waals surface area contributed by atoms with Gasteiger partial charge in [0, 0.05) is 41.1 Å². The summed E-state index contributed by atoms with van der Waals surface area (Å²) in [5.74, 6) is -1.35. The van der Waals surface area contributed by atoms with Crippen molar-refractivity contribution in [2.45, 2.75) is 38.3 Å². The van der Waals surface area contributed by atoms with Crippen LogP contribution in [0.2, 0.25) is 5.02 Å². The van der Waals surface area contributed by atoms with Crippen LogP contribution in [-0.2, 0) is 16.2 Å². The minimum atomic E-state index is -0.656. The highest BCUT2D eigenvalue weighted by atomic mass is 35.5. The molecule has 1 saturated carbocycles. The van der Waals surface area contributed by atoms with Gasteiger partial charge < -0.3 is 9.74 Å². The fourth-order valence-electron chi connectivity index (χ4n) is 3.63. The highest BCUT2D eigenvalue weighted by Gasteiger charge is 2.33. The predicted octanol–water partition coefficient (Wildman–Crippen LogP) is 4.94. The highest BCUT2D eigenvalue weighted by molar-refractivity contribution is 6.34. The number of hydrogen-bond acceptors (Lipinski definition) is 3. The van der Waals surface area contributed by atoms with Crippen LogP contribution in [0.15, 0.2) is 47.6 Å². The van der Waals surface area contributed by atoms with Crippen LogP contribution in [0, 0.1) is 17.6 Å². The van der Waals surface area contributed by atoms with Crippen LogP contribution in [0.1, 0.15) is 36.8 Å². The van der Waals surface area contributed by atoms with E-state index in [9.17, 15) is 13.6 Å². The Morgan fingerprint density at radius 1 is 1.21 bits per heavy atom. The summed E-state index contributed by atoms with van der Waals surface area (Å²) >= 11 is 6.24. The molecule has 152 valence electrons. The molecule has 4 rings (SSSR count). The molecule has 1 aliphatic heterocycles. The molecular formula is C22H21ClF2N2O2. The van der Waals surface area contributed by atoms with E-state index >= 15 is 0 Å². The van der Waals surface area contributed by atoms with Crippen molar-refractivity contribution in [1.82, 2.24) is 4.90 Å². The normalized spacial score (nSPS) is 18.7. The highest BCUT2D eigenvalue weighted by Crippen LogP contribution is 2.30. The van der Waals surface area contributed by atoms with E-state index in [0.29, 0.717) is 11.4 Å². The lowest BCUT2D eigenvalue weighted by Gasteiger charge is -2.32. The largest absolute Gasteiger partial charge is 0.390 e. The topological polar surface area (TPSA) is 41.9 Å². The van der Waals surface area contributed by atoms with E-state index in [1.807, 2.05) is 18.2 Å². The summed E-state index contributed by atoms with van der Waals surface area (Å²) in [5.41, 5.74) is 1.81. The summed E-state index contributed by atoms with van der Waals surface area (Å²) in [5, 5.41) is 4.74. The number of amides is 1. The van der Waals surface area contributed by atoms with Gasteiger partial charge in [0.15, 0.2) is 6.10 Å². The third-order valence-electron chi connectivity index (χ3n) is 5.48. The smallest absolute Gasteiger partial charge is 0.226 e. The predicted molar refractivity (Wildman–Crippen MR) is 107 cm³/mol. The van der Waals surface area contributed by atoms with Gasteiger partial charge in [0.1, 0.15) is 11.6 Å². The van der Waals surface area contributed by atoms with Crippen LogP contribution in [0.3, 0.4) is 0 Å². The molecule has 4 nitrogen and oxygen atoms in total. The van der Waals surface area contributed by atoms with Crippen LogP contribution in [0.4, 0.5) is 8.78 Å². The average molecular weight is 419 g/mol. The van der Waals surface area contributed by atoms with Crippen molar-refractivity contribution in [3.63, 3.8) is 0 Å². The molecule has 0 bridgehead atoms. The standard InChI is InChI=1S/C22H21ClF2N2O2/c23-19-7-2-1-6-18(19)21-11-17(29-26-21)13-27(22(28)14-4-3-5-14)12-15-8-9-16(24)10-20(15)25/h1-2,6-10,14,17H,3-5,11-13H2/t17-/m0/s1. The molecule has 0 unspecified atom stereocenters. The maximum atomic E-state index is 14.2. The molecule has 0 aromatic heterocycles. The molecule has 1 atom stereocenters. The van der Waals surface area contributed by atoms with Gasteiger partial charge in [0.05, 0.1) is 12.3 Å². The zero-order valence-electron chi connectivity index (χ0n) is 15.8. The van der Waals surface area contributed by atoms with E-state index in [1.165, 1.54) is 12.1 Å². The molecule has 1 amide bonds. The van der Waals surface area contributed by atoms with E-state index in [0.717, 1.165) is 36.6 Å². The Kier molecular flexibility index (Phi) is 5.81.